The number of carbonyl (C=O) groups is 1. The molecule has 0 saturated heterocycles. The predicted octanol–water partition coefficient (Wildman–Crippen LogP) is 2.25. The van der Waals surface area contributed by atoms with E-state index in [0.717, 1.165) is 18.0 Å². The van der Waals surface area contributed by atoms with Gasteiger partial charge in [-0.05, 0) is 31.4 Å². The summed E-state index contributed by atoms with van der Waals surface area (Å²) >= 11 is 1.78. The largest absolute Gasteiger partial charge is 0.398 e. The first-order valence-corrected chi connectivity index (χ1v) is 6.18. The number of ketones is 1. The van der Waals surface area contributed by atoms with Gasteiger partial charge in [-0.3, -0.25) is 4.79 Å². The molecule has 0 fully saturated rings. The van der Waals surface area contributed by atoms with Crippen LogP contribution in [0.3, 0.4) is 0 Å². The molecule has 0 spiro atoms. The van der Waals surface area contributed by atoms with Gasteiger partial charge in [0.15, 0.2) is 5.78 Å². The number of carbonyl (C=O) groups excluding carboxylic acids is 1. The summed E-state index contributed by atoms with van der Waals surface area (Å²) in [5.41, 5.74) is 7.77. The number of rotatable bonds is 5. The Morgan fingerprint density at radius 3 is 2.87 bits per heavy atom. The molecular weight excluding hydrogens is 208 g/mol. The average Bonchev–Trinajstić information content (AvgIpc) is 2.20. The van der Waals surface area contributed by atoms with Crippen molar-refractivity contribution in [3.05, 3.63) is 23.8 Å². The van der Waals surface area contributed by atoms with Crippen molar-refractivity contribution in [3.8, 4) is 0 Å². The van der Waals surface area contributed by atoms with E-state index in [-0.39, 0.29) is 5.78 Å². The van der Waals surface area contributed by atoms with Gasteiger partial charge in [0.2, 0.25) is 0 Å². The van der Waals surface area contributed by atoms with E-state index < -0.39 is 0 Å². The van der Waals surface area contributed by atoms with Crippen molar-refractivity contribution in [2.45, 2.75) is 6.92 Å². The zero-order valence-corrected chi connectivity index (χ0v) is 9.86. The van der Waals surface area contributed by atoms with Crippen LogP contribution in [0.25, 0.3) is 0 Å². The highest BCUT2D eigenvalue weighted by Gasteiger charge is 2.05. The van der Waals surface area contributed by atoms with E-state index in [1.165, 1.54) is 6.92 Å². The lowest BCUT2D eigenvalue weighted by atomic mass is 10.1. The van der Waals surface area contributed by atoms with Gasteiger partial charge in [-0.15, -0.1) is 0 Å². The number of hydrogen-bond donors (Lipinski definition) is 2. The van der Waals surface area contributed by atoms with E-state index in [2.05, 4.69) is 11.6 Å². The smallest absolute Gasteiger partial charge is 0.161 e. The first-order valence-electron chi connectivity index (χ1n) is 4.78. The lowest BCUT2D eigenvalue weighted by Gasteiger charge is -2.08. The SMILES string of the molecule is CSCCNc1ccc(N)c(C(C)=O)c1. The summed E-state index contributed by atoms with van der Waals surface area (Å²) in [6.07, 6.45) is 2.06. The Morgan fingerprint density at radius 2 is 2.27 bits per heavy atom. The second-order valence-electron chi connectivity index (χ2n) is 3.28. The summed E-state index contributed by atoms with van der Waals surface area (Å²) in [5, 5.41) is 3.24. The van der Waals surface area contributed by atoms with Gasteiger partial charge < -0.3 is 11.1 Å². The maximum atomic E-state index is 11.2. The molecule has 0 aromatic heterocycles. The van der Waals surface area contributed by atoms with Crippen LogP contribution in [-0.2, 0) is 0 Å². The highest BCUT2D eigenvalue weighted by molar-refractivity contribution is 7.98. The van der Waals surface area contributed by atoms with Crippen LogP contribution >= 0.6 is 11.8 Å². The zero-order valence-electron chi connectivity index (χ0n) is 9.04. The Balaban J connectivity index is 2.74. The maximum Gasteiger partial charge on any atom is 0.161 e. The van der Waals surface area contributed by atoms with Crippen LogP contribution in [0, 0.1) is 0 Å². The van der Waals surface area contributed by atoms with E-state index >= 15 is 0 Å². The molecule has 82 valence electrons. The fourth-order valence-corrected chi connectivity index (χ4v) is 1.57. The molecular formula is C11H16N2OS. The van der Waals surface area contributed by atoms with E-state index in [4.69, 9.17) is 5.73 Å². The maximum absolute atomic E-state index is 11.2. The van der Waals surface area contributed by atoms with Crippen LogP contribution in [0.2, 0.25) is 0 Å². The summed E-state index contributed by atoms with van der Waals surface area (Å²) in [6.45, 7) is 2.42. The molecule has 1 aromatic carbocycles. The van der Waals surface area contributed by atoms with Gasteiger partial charge in [0.05, 0.1) is 0 Å². The van der Waals surface area contributed by atoms with Crippen molar-refractivity contribution in [3.63, 3.8) is 0 Å². The fourth-order valence-electron chi connectivity index (χ4n) is 1.27. The molecule has 0 unspecified atom stereocenters. The molecule has 0 saturated carbocycles. The number of thioether (sulfide) groups is 1. The van der Waals surface area contributed by atoms with Crippen LogP contribution in [0.1, 0.15) is 17.3 Å². The summed E-state index contributed by atoms with van der Waals surface area (Å²) in [6, 6.07) is 5.46. The van der Waals surface area contributed by atoms with Crippen molar-refractivity contribution >= 4 is 28.9 Å². The third-order valence-corrected chi connectivity index (χ3v) is 2.68. The molecule has 0 aliphatic heterocycles. The zero-order chi connectivity index (χ0) is 11.3. The van der Waals surface area contributed by atoms with E-state index in [1.54, 1.807) is 23.9 Å². The lowest BCUT2D eigenvalue weighted by molar-refractivity contribution is 0.101. The normalized spacial score (nSPS) is 10.0. The number of nitrogens with two attached hydrogens (primary N) is 1. The van der Waals surface area contributed by atoms with Gasteiger partial charge in [0.1, 0.15) is 0 Å². The first kappa shape index (κ1) is 11.9. The van der Waals surface area contributed by atoms with Crippen LogP contribution < -0.4 is 11.1 Å². The molecule has 3 N–H and O–H groups in total. The molecule has 1 rings (SSSR count). The van der Waals surface area contributed by atoms with Crippen molar-refractivity contribution in [1.29, 1.82) is 0 Å². The monoisotopic (exact) mass is 224 g/mol. The fraction of sp³-hybridized carbons (Fsp3) is 0.364. The summed E-state index contributed by atoms with van der Waals surface area (Å²) in [5.74, 6) is 1.04. The number of nitrogen functional groups attached to an aromatic ring is 1. The topological polar surface area (TPSA) is 55.1 Å². The van der Waals surface area contributed by atoms with Crippen molar-refractivity contribution < 1.29 is 4.79 Å². The van der Waals surface area contributed by atoms with Crippen LogP contribution in [-0.4, -0.2) is 24.3 Å². The number of benzene rings is 1. The Hall–Kier alpha value is -1.16. The molecule has 3 nitrogen and oxygen atoms in total. The molecule has 15 heavy (non-hydrogen) atoms. The van der Waals surface area contributed by atoms with Gasteiger partial charge >= 0.3 is 0 Å². The van der Waals surface area contributed by atoms with Gasteiger partial charge in [-0.1, -0.05) is 0 Å². The molecule has 0 amide bonds. The molecule has 0 aliphatic carbocycles. The quantitative estimate of drug-likeness (QED) is 0.457. The number of Topliss-reactive ketones (excluding diaryl/α,β-unsaturated/α-hetero) is 1. The first-order chi connectivity index (χ1) is 7.15. The summed E-state index contributed by atoms with van der Waals surface area (Å²) in [7, 11) is 0. The number of anilines is 2. The second kappa shape index (κ2) is 5.66. The highest BCUT2D eigenvalue weighted by atomic mass is 32.2. The number of hydrogen-bond acceptors (Lipinski definition) is 4. The van der Waals surface area contributed by atoms with Gasteiger partial charge in [0.25, 0.3) is 0 Å². The molecule has 0 radical (unpaired) electrons. The van der Waals surface area contributed by atoms with E-state index in [0.29, 0.717) is 11.3 Å². The standard InChI is InChI=1S/C11H16N2OS/c1-8(14)10-7-9(3-4-11(10)12)13-5-6-15-2/h3-4,7,13H,5-6,12H2,1-2H3. The van der Waals surface area contributed by atoms with Gasteiger partial charge in [0, 0.05) is 29.2 Å². The second-order valence-corrected chi connectivity index (χ2v) is 4.26. The summed E-state index contributed by atoms with van der Waals surface area (Å²) in [4.78, 5) is 11.2. The van der Waals surface area contributed by atoms with Crippen LogP contribution in [0.5, 0.6) is 0 Å². The highest BCUT2D eigenvalue weighted by Crippen LogP contribution is 2.18. The molecule has 4 heteroatoms. The Kier molecular flexibility index (Phi) is 4.49. The van der Waals surface area contributed by atoms with Gasteiger partial charge in [-0.25, -0.2) is 0 Å². The third kappa shape index (κ3) is 3.47. The minimum absolute atomic E-state index is 0.000941. The molecule has 0 heterocycles. The van der Waals surface area contributed by atoms with Crippen molar-refractivity contribution in [1.82, 2.24) is 0 Å². The minimum atomic E-state index is 0.000941. The molecule has 0 aliphatic rings. The van der Waals surface area contributed by atoms with Gasteiger partial charge in [-0.2, -0.15) is 11.8 Å². The van der Waals surface area contributed by atoms with Crippen molar-refractivity contribution in [2.75, 3.05) is 29.6 Å². The van der Waals surface area contributed by atoms with Crippen LogP contribution in [0.15, 0.2) is 18.2 Å². The Bertz CT molecular complexity index is 352. The predicted molar refractivity (Wildman–Crippen MR) is 67.7 cm³/mol. The Labute approximate surface area is 94.4 Å². The lowest BCUT2D eigenvalue weighted by Crippen LogP contribution is -2.06. The summed E-state index contributed by atoms with van der Waals surface area (Å²) < 4.78 is 0. The third-order valence-electron chi connectivity index (χ3n) is 2.07. The molecule has 0 atom stereocenters. The van der Waals surface area contributed by atoms with Crippen molar-refractivity contribution in [2.24, 2.45) is 0 Å². The Morgan fingerprint density at radius 1 is 1.53 bits per heavy atom. The van der Waals surface area contributed by atoms with Crippen LogP contribution in [0.4, 0.5) is 11.4 Å². The average molecular weight is 224 g/mol. The molecule has 1 aromatic rings. The van der Waals surface area contributed by atoms with E-state index in [9.17, 15) is 4.79 Å². The van der Waals surface area contributed by atoms with E-state index in [1.807, 2.05) is 6.07 Å². The minimum Gasteiger partial charge on any atom is -0.398 e. The number of nitrogens with one attached hydrogen (secondary N) is 1. The molecule has 0 bridgehead atoms.